The molecule has 1 aliphatic rings. The van der Waals surface area contributed by atoms with Gasteiger partial charge < -0.3 is 27.0 Å². The molecule has 8 nitrogen and oxygen atoms in total. The molecule has 178 valence electrons. The van der Waals surface area contributed by atoms with Crippen molar-refractivity contribution in [3.8, 4) is 0 Å². The quantitative estimate of drug-likeness (QED) is 0.349. The lowest BCUT2D eigenvalue weighted by atomic mass is 9.87. The topological polar surface area (TPSA) is 125 Å². The number of amides is 3. The molecule has 0 bridgehead atoms. The summed E-state index contributed by atoms with van der Waals surface area (Å²) in [4.78, 5) is 38.5. The second-order valence-corrected chi connectivity index (χ2v) is 8.88. The highest BCUT2D eigenvalue weighted by Crippen LogP contribution is 2.29. The van der Waals surface area contributed by atoms with Crippen LogP contribution in [0.4, 0.5) is 0 Å². The molecule has 0 radical (unpaired) electrons. The van der Waals surface area contributed by atoms with E-state index in [0.29, 0.717) is 19.4 Å². The summed E-state index contributed by atoms with van der Waals surface area (Å²) in [5.74, 6) is -0.974. The lowest BCUT2D eigenvalue weighted by molar-refractivity contribution is -0.133. The first kappa shape index (κ1) is 25.8. The van der Waals surface area contributed by atoms with Crippen LogP contribution in [0.5, 0.6) is 0 Å². The molecule has 0 fully saturated rings. The Morgan fingerprint density at radius 3 is 2.44 bits per heavy atom. The van der Waals surface area contributed by atoms with E-state index in [-0.39, 0.29) is 29.7 Å². The van der Waals surface area contributed by atoms with E-state index < -0.39 is 18.1 Å². The van der Waals surface area contributed by atoms with Crippen LogP contribution in [0.25, 0.3) is 0 Å². The molecule has 4 atom stereocenters. The molecular weight excluding hydrogens is 406 g/mol. The van der Waals surface area contributed by atoms with E-state index in [1.807, 2.05) is 26.0 Å². The number of nitrogens with one attached hydrogen (secondary N) is 4. The van der Waals surface area contributed by atoms with Crippen LogP contribution in [0, 0.1) is 5.92 Å². The van der Waals surface area contributed by atoms with Crippen LogP contribution in [-0.4, -0.2) is 49.4 Å². The summed E-state index contributed by atoms with van der Waals surface area (Å²) in [6, 6.07) is 6.22. The minimum absolute atomic E-state index is 0.0678. The van der Waals surface area contributed by atoms with Gasteiger partial charge in [-0.05, 0) is 69.7 Å². The molecule has 8 heteroatoms. The number of hydrogen-bond donors (Lipinski definition) is 5. The van der Waals surface area contributed by atoms with E-state index in [9.17, 15) is 14.4 Å². The van der Waals surface area contributed by atoms with E-state index in [2.05, 4.69) is 33.4 Å². The summed E-state index contributed by atoms with van der Waals surface area (Å²) in [5, 5.41) is 11.7. The first-order valence-corrected chi connectivity index (χ1v) is 11.6. The summed E-state index contributed by atoms with van der Waals surface area (Å²) in [6.45, 7) is 5.88. The Bertz CT molecular complexity index is 783. The van der Waals surface area contributed by atoms with Crippen molar-refractivity contribution in [1.82, 2.24) is 21.3 Å². The molecule has 0 saturated heterocycles. The highest BCUT2D eigenvalue weighted by atomic mass is 16.2. The molecule has 1 aliphatic carbocycles. The van der Waals surface area contributed by atoms with Gasteiger partial charge in [-0.15, -0.1) is 0 Å². The van der Waals surface area contributed by atoms with Gasteiger partial charge in [0, 0.05) is 0 Å². The van der Waals surface area contributed by atoms with E-state index in [1.165, 1.54) is 5.56 Å². The van der Waals surface area contributed by atoms with Gasteiger partial charge in [-0.3, -0.25) is 14.4 Å². The lowest BCUT2D eigenvalue weighted by Crippen LogP contribution is -2.57. The number of nitrogens with two attached hydrogens (primary N) is 1. The average Bonchev–Trinajstić information content (AvgIpc) is 2.79. The van der Waals surface area contributed by atoms with Crippen LogP contribution in [-0.2, 0) is 20.8 Å². The predicted molar refractivity (Wildman–Crippen MR) is 126 cm³/mol. The van der Waals surface area contributed by atoms with Crippen LogP contribution in [0.3, 0.4) is 0 Å². The summed E-state index contributed by atoms with van der Waals surface area (Å²) in [7, 11) is 1.69. The maximum absolute atomic E-state index is 13.2. The molecule has 3 amide bonds. The third-order valence-electron chi connectivity index (χ3n) is 6.09. The normalized spacial score (nSPS) is 18.2. The van der Waals surface area contributed by atoms with Gasteiger partial charge >= 0.3 is 0 Å². The fourth-order valence-electron chi connectivity index (χ4n) is 3.97. The van der Waals surface area contributed by atoms with Crippen LogP contribution in [0.1, 0.15) is 63.6 Å². The standard InChI is InChI=1S/C24H39N5O3/c1-15(2)21(29-22(30)16(3)26-4)24(32)28-20(13-8-14-25)23(31)27-19-12-7-10-17-9-5-6-11-18(17)19/h5-6,9,11,15-16,19-21,26H,7-8,10,12-14,25H2,1-4H3,(H,27,31)(H,28,32)(H,29,30). The largest absolute Gasteiger partial charge is 0.348 e. The maximum Gasteiger partial charge on any atom is 0.243 e. The van der Waals surface area contributed by atoms with Gasteiger partial charge in [-0.1, -0.05) is 38.1 Å². The molecule has 0 spiro atoms. The Morgan fingerprint density at radius 1 is 1.06 bits per heavy atom. The monoisotopic (exact) mass is 445 g/mol. The number of aryl methyl sites for hydroxylation is 1. The zero-order valence-electron chi connectivity index (χ0n) is 19.7. The minimum Gasteiger partial charge on any atom is -0.348 e. The Balaban J connectivity index is 2.10. The maximum atomic E-state index is 13.2. The Hall–Kier alpha value is -2.45. The highest BCUT2D eigenvalue weighted by molar-refractivity contribution is 5.93. The molecular formula is C24H39N5O3. The SMILES string of the molecule is CNC(C)C(=O)NC(C(=O)NC(CCCN)C(=O)NC1CCCc2ccccc21)C(C)C. The molecule has 32 heavy (non-hydrogen) atoms. The average molecular weight is 446 g/mol. The van der Waals surface area contributed by atoms with Crippen LogP contribution < -0.4 is 27.0 Å². The number of benzene rings is 1. The third-order valence-corrected chi connectivity index (χ3v) is 6.09. The van der Waals surface area contributed by atoms with Crippen molar-refractivity contribution in [2.75, 3.05) is 13.6 Å². The van der Waals surface area contributed by atoms with Crippen LogP contribution in [0.15, 0.2) is 24.3 Å². The van der Waals surface area contributed by atoms with Gasteiger partial charge in [0.15, 0.2) is 0 Å². The number of fused-ring (bicyclic) bond motifs is 1. The molecule has 0 aromatic heterocycles. The Labute approximate surface area is 191 Å². The molecule has 0 saturated carbocycles. The van der Waals surface area contributed by atoms with E-state index in [0.717, 1.165) is 24.8 Å². The number of hydrogen-bond acceptors (Lipinski definition) is 5. The number of likely N-dealkylation sites (N-methyl/N-ethyl adjacent to an activating group) is 1. The summed E-state index contributed by atoms with van der Waals surface area (Å²) < 4.78 is 0. The molecule has 4 unspecified atom stereocenters. The van der Waals surface area contributed by atoms with Crippen molar-refractivity contribution in [2.45, 2.75) is 77.0 Å². The molecule has 1 aromatic carbocycles. The molecule has 0 aliphatic heterocycles. The predicted octanol–water partition coefficient (Wildman–Crippen LogP) is 1.15. The zero-order valence-corrected chi connectivity index (χ0v) is 19.7. The van der Waals surface area contributed by atoms with Crippen molar-refractivity contribution in [3.05, 3.63) is 35.4 Å². The molecule has 1 aromatic rings. The lowest BCUT2D eigenvalue weighted by Gasteiger charge is -2.30. The van der Waals surface area contributed by atoms with Gasteiger partial charge in [0.1, 0.15) is 12.1 Å². The second kappa shape index (κ2) is 12.6. The summed E-state index contributed by atoms with van der Waals surface area (Å²) in [6.07, 6.45) is 3.93. The van der Waals surface area contributed by atoms with E-state index in [1.54, 1.807) is 14.0 Å². The van der Waals surface area contributed by atoms with E-state index >= 15 is 0 Å². The minimum atomic E-state index is -0.734. The van der Waals surface area contributed by atoms with Crippen molar-refractivity contribution in [1.29, 1.82) is 0 Å². The van der Waals surface area contributed by atoms with Gasteiger partial charge in [0.2, 0.25) is 17.7 Å². The fraction of sp³-hybridized carbons (Fsp3) is 0.625. The van der Waals surface area contributed by atoms with Crippen molar-refractivity contribution in [2.24, 2.45) is 11.7 Å². The Kier molecular flexibility index (Phi) is 10.1. The summed E-state index contributed by atoms with van der Waals surface area (Å²) in [5.41, 5.74) is 8.07. The number of rotatable bonds is 11. The van der Waals surface area contributed by atoms with Gasteiger partial charge in [-0.2, -0.15) is 0 Å². The van der Waals surface area contributed by atoms with Gasteiger partial charge in [0.25, 0.3) is 0 Å². The van der Waals surface area contributed by atoms with Gasteiger partial charge in [0.05, 0.1) is 12.1 Å². The molecule has 2 rings (SSSR count). The first-order chi connectivity index (χ1) is 15.3. The number of carbonyl (C=O) groups is 3. The highest BCUT2D eigenvalue weighted by Gasteiger charge is 2.31. The second-order valence-electron chi connectivity index (χ2n) is 8.88. The smallest absolute Gasteiger partial charge is 0.243 e. The zero-order chi connectivity index (χ0) is 23.7. The number of carbonyl (C=O) groups excluding carboxylic acids is 3. The van der Waals surface area contributed by atoms with E-state index in [4.69, 9.17) is 5.73 Å². The van der Waals surface area contributed by atoms with Crippen molar-refractivity contribution >= 4 is 17.7 Å². The third kappa shape index (κ3) is 7.03. The molecule has 0 heterocycles. The van der Waals surface area contributed by atoms with Gasteiger partial charge in [-0.25, -0.2) is 0 Å². The summed E-state index contributed by atoms with van der Waals surface area (Å²) >= 11 is 0. The van der Waals surface area contributed by atoms with Crippen molar-refractivity contribution < 1.29 is 14.4 Å². The first-order valence-electron chi connectivity index (χ1n) is 11.6. The van der Waals surface area contributed by atoms with Crippen molar-refractivity contribution in [3.63, 3.8) is 0 Å². The molecule has 6 N–H and O–H groups in total. The fourth-order valence-corrected chi connectivity index (χ4v) is 3.97. The van der Waals surface area contributed by atoms with Crippen LogP contribution >= 0.6 is 0 Å². The van der Waals surface area contributed by atoms with Crippen LogP contribution in [0.2, 0.25) is 0 Å². The Morgan fingerprint density at radius 2 is 1.78 bits per heavy atom.